The molecule has 29 heavy (non-hydrogen) atoms. The molecule has 7 heteroatoms. The number of hydrogen-bond donors (Lipinski definition) is 2. The number of fused-ring (bicyclic) bond motifs is 2. The van der Waals surface area contributed by atoms with Crippen molar-refractivity contribution in [3.05, 3.63) is 80.0 Å². The van der Waals surface area contributed by atoms with Gasteiger partial charge in [-0.1, -0.05) is 6.07 Å². The minimum absolute atomic E-state index is 0.0443. The lowest BCUT2D eigenvalue weighted by atomic mass is 10.1. The molecule has 0 saturated carbocycles. The Morgan fingerprint density at radius 1 is 1.10 bits per heavy atom. The van der Waals surface area contributed by atoms with Crippen LogP contribution in [0.25, 0.3) is 21.9 Å². The molecule has 3 heterocycles. The Kier molecular flexibility index (Phi) is 4.50. The molecule has 0 fully saturated rings. The van der Waals surface area contributed by atoms with E-state index in [-0.39, 0.29) is 16.6 Å². The van der Waals surface area contributed by atoms with Crippen LogP contribution in [-0.2, 0) is 6.54 Å². The van der Waals surface area contributed by atoms with Gasteiger partial charge >= 0.3 is 0 Å². The van der Waals surface area contributed by atoms with E-state index in [1.807, 2.05) is 26.8 Å². The lowest BCUT2D eigenvalue weighted by Gasteiger charge is -2.12. The molecule has 7 nitrogen and oxygen atoms in total. The summed E-state index contributed by atoms with van der Waals surface area (Å²) in [6.07, 6.45) is 1.54. The first-order valence-electron chi connectivity index (χ1n) is 9.33. The quantitative estimate of drug-likeness (QED) is 0.563. The van der Waals surface area contributed by atoms with Crippen molar-refractivity contribution < 1.29 is 4.79 Å². The van der Waals surface area contributed by atoms with Crippen molar-refractivity contribution in [3.8, 4) is 0 Å². The van der Waals surface area contributed by atoms with Crippen molar-refractivity contribution in [2.45, 2.75) is 27.3 Å². The maximum atomic E-state index is 12.9. The van der Waals surface area contributed by atoms with E-state index in [1.54, 1.807) is 35.0 Å². The van der Waals surface area contributed by atoms with Gasteiger partial charge in [-0.15, -0.1) is 0 Å². The summed E-state index contributed by atoms with van der Waals surface area (Å²) in [7, 11) is 0. The van der Waals surface area contributed by atoms with Gasteiger partial charge in [-0.05, 0) is 50.6 Å². The van der Waals surface area contributed by atoms with Crippen LogP contribution in [0.15, 0.2) is 52.2 Å². The van der Waals surface area contributed by atoms with Crippen LogP contribution in [0.3, 0.4) is 0 Å². The zero-order valence-corrected chi connectivity index (χ0v) is 16.4. The Morgan fingerprint density at radius 2 is 1.86 bits per heavy atom. The molecule has 0 aliphatic heterocycles. The summed E-state index contributed by atoms with van der Waals surface area (Å²) in [4.78, 5) is 44.7. The maximum absolute atomic E-state index is 12.9. The summed E-state index contributed by atoms with van der Waals surface area (Å²) in [5.74, 6) is -0.506. The number of nitrogens with one attached hydrogen (secondary N) is 2. The summed E-state index contributed by atoms with van der Waals surface area (Å²) >= 11 is 0. The highest BCUT2D eigenvalue weighted by atomic mass is 16.2. The van der Waals surface area contributed by atoms with E-state index < -0.39 is 5.91 Å². The molecule has 0 radical (unpaired) electrons. The normalized spacial score (nSPS) is 11.1. The largest absolute Gasteiger partial charge is 0.332 e. The van der Waals surface area contributed by atoms with Gasteiger partial charge in [0.25, 0.3) is 5.91 Å². The van der Waals surface area contributed by atoms with Gasteiger partial charge in [-0.25, -0.2) is 4.98 Å². The fourth-order valence-corrected chi connectivity index (χ4v) is 3.47. The van der Waals surface area contributed by atoms with Crippen molar-refractivity contribution >= 4 is 33.5 Å². The van der Waals surface area contributed by atoms with Crippen LogP contribution in [0.2, 0.25) is 0 Å². The van der Waals surface area contributed by atoms with Crippen LogP contribution in [0.4, 0.5) is 5.69 Å². The molecule has 2 N–H and O–H groups in total. The molecule has 1 amide bonds. The van der Waals surface area contributed by atoms with Crippen LogP contribution in [0.1, 0.15) is 28.5 Å². The zero-order valence-electron chi connectivity index (χ0n) is 16.4. The number of H-pyrrole nitrogens is 1. The number of amides is 1. The Bertz CT molecular complexity index is 1400. The van der Waals surface area contributed by atoms with Crippen molar-refractivity contribution in [2.24, 2.45) is 0 Å². The van der Waals surface area contributed by atoms with Crippen molar-refractivity contribution in [1.29, 1.82) is 0 Å². The van der Waals surface area contributed by atoms with Gasteiger partial charge in [0.05, 0.1) is 10.9 Å². The second-order valence-electron chi connectivity index (χ2n) is 7.01. The second kappa shape index (κ2) is 7.01. The predicted octanol–water partition coefficient (Wildman–Crippen LogP) is 3.13. The molecule has 4 aromatic rings. The van der Waals surface area contributed by atoms with Crippen LogP contribution >= 0.6 is 0 Å². The molecule has 0 spiro atoms. The highest BCUT2D eigenvalue weighted by molar-refractivity contribution is 6.06. The summed E-state index contributed by atoms with van der Waals surface area (Å²) < 4.78 is 1.79. The molecule has 0 saturated heterocycles. The van der Waals surface area contributed by atoms with Crippen LogP contribution in [0, 0.1) is 13.8 Å². The van der Waals surface area contributed by atoms with Gasteiger partial charge in [-0.2, -0.15) is 0 Å². The van der Waals surface area contributed by atoms with E-state index in [9.17, 15) is 14.4 Å². The molecule has 3 aromatic heterocycles. The van der Waals surface area contributed by atoms with Gasteiger partial charge in [0.15, 0.2) is 0 Å². The third-order valence-corrected chi connectivity index (χ3v) is 4.95. The number of pyridine rings is 3. The van der Waals surface area contributed by atoms with Crippen molar-refractivity contribution in [2.75, 3.05) is 5.32 Å². The van der Waals surface area contributed by atoms with E-state index >= 15 is 0 Å². The monoisotopic (exact) mass is 388 g/mol. The molecular weight excluding hydrogens is 368 g/mol. The topological polar surface area (TPSA) is 96.9 Å². The number of nitrogens with zero attached hydrogens (tertiary/aromatic N) is 2. The summed E-state index contributed by atoms with van der Waals surface area (Å²) in [6.45, 7) is 6.21. The van der Waals surface area contributed by atoms with E-state index in [1.165, 1.54) is 6.07 Å². The molecule has 146 valence electrons. The first-order valence-corrected chi connectivity index (χ1v) is 9.33. The molecule has 4 rings (SSSR count). The zero-order chi connectivity index (χ0) is 20.7. The summed E-state index contributed by atoms with van der Waals surface area (Å²) in [6, 6.07) is 10.2. The summed E-state index contributed by atoms with van der Waals surface area (Å²) in [5.41, 5.74) is 2.81. The first kappa shape index (κ1) is 18.6. The van der Waals surface area contributed by atoms with E-state index in [2.05, 4.69) is 15.3 Å². The van der Waals surface area contributed by atoms with Crippen LogP contribution in [0.5, 0.6) is 0 Å². The molecule has 0 unspecified atom stereocenters. The number of rotatable bonds is 3. The van der Waals surface area contributed by atoms with Crippen molar-refractivity contribution in [3.63, 3.8) is 0 Å². The van der Waals surface area contributed by atoms with Gasteiger partial charge in [0.2, 0.25) is 11.0 Å². The molecular formula is C22H20N4O3. The second-order valence-corrected chi connectivity index (χ2v) is 7.01. The Hall–Kier alpha value is -3.74. The van der Waals surface area contributed by atoms with Gasteiger partial charge in [0.1, 0.15) is 11.2 Å². The molecule has 1 aromatic carbocycles. The number of anilines is 1. The number of hydrogen-bond acceptors (Lipinski definition) is 4. The predicted molar refractivity (Wildman–Crippen MR) is 114 cm³/mol. The minimum Gasteiger partial charge on any atom is -0.332 e. The number of aromatic amines is 1. The van der Waals surface area contributed by atoms with Crippen molar-refractivity contribution in [1.82, 2.24) is 14.5 Å². The molecule has 0 bridgehead atoms. The Morgan fingerprint density at radius 3 is 2.62 bits per heavy atom. The average Bonchev–Trinajstić information content (AvgIpc) is 2.67. The third-order valence-electron chi connectivity index (χ3n) is 4.95. The SMILES string of the molecule is CCn1cc(C(=O)Nc2ccc3c(C)cc(=O)[nH]c3c2)c(=O)c2ccc(C)nc21. The lowest BCUT2D eigenvalue weighted by Crippen LogP contribution is -2.24. The minimum atomic E-state index is -0.506. The number of carbonyl (C=O) groups is 1. The number of aryl methyl sites for hydroxylation is 3. The fourth-order valence-electron chi connectivity index (χ4n) is 3.47. The summed E-state index contributed by atoms with van der Waals surface area (Å²) in [5, 5.41) is 4.06. The number of benzene rings is 1. The average molecular weight is 388 g/mol. The smallest absolute Gasteiger partial charge is 0.261 e. The number of carbonyl (C=O) groups excluding carboxylic acids is 1. The molecule has 0 aliphatic carbocycles. The van der Waals surface area contributed by atoms with E-state index in [4.69, 9.17) is 0 Å². The van der Waals surface area contributed by atoms with E-state index in [0.29, 0.717) is 28.8 Å². The standard InChI is InChI=1S/C22H20N4O3/c1-4-26-11-17(20(28)16-7-5-13(3)23-21(16)26)22(29)24-14-6-8-15-12(2)9-19(27)25-18(15)10-14/h5-11H,4H2,1-3H3,(H,24,29)(H,25,27). The fraction of sp³-hybridized carbons (Fsp3) is 0.182. The van der Waals surface area contributed by atoms with E-state index in [0.717, 1.165) is 16.6 Å². The Balaban J connectivity index is 1.77. The number of aromatic nitrogens is 3. The third kappa shape index (κ3) is 3.31. The highest BCUT2D eigenvalue weighted by Gasteiger charge is 2.16. The highest BCUT2D eigenvalue weighted by Crippen LogP contribution is 2.20. The van der Waals surface area contributed by atoms with Gasteiger partial charge in [-0.3, -0.25) is 14.4 Å². The Labute approximate surface area is 166 Å². The molecule has 0 atom stereocenters. The first-order chi connectivity index (χ1) is 13.9. The van der Waals surface area contributed by atoms with Crippen LogP contribution < -0.4 is 16.3 Å². The van der Waals surface area contributed by atoms with Gasteiger partial charge < -0.3 is 14.9 Å². The van der Waals surface area contributed by atoms with Gasteiger partial charge in [0, 0.05) is 35.6 Å². The lowest BCUT2D eigenvalue weighted by molar-refractivity contribution is 0.102. The molecule has 0 aliphatic rings. The maximum Gasteiger partial charge on any atom is 0.261 e. The van der Waals surface area contributed by atoms with Crippen LogP contribution in [-0.4, -0.2) is 20.4 Å².